The SMILES string of the molecule is Cc1nn(C)cc1CN1CCN(C2=NC(=O)/C(=C/c3ccccc3)S2)CC1. The third-order valence-corrected chi connectivity index (χ3v) is 5.90. The summed E-state index contributed by atoms with van der Waals surface area (Å²) < 4.78 is 1.87. The number of carbonyl (C=O) groups excluding carboxylic acids is 1. The van der Waals surface area contributed by atoms with Gasteiger partial charge >= 0.3 is 0 Å². The molecule has 4 rings (SSSR count). The Balaban J connectivity index is 1.35. The van der Waals surface area contributed by atoms with Crippen molar-refractivity contribution in [3.8, 4) is 0 Å². The average Bonchev–Trinajstić information content (AvgIpc) is 3.18. The van der Waals surface area contributed by atoms with Crippen LogP contribution in [0.5, 0.6) is 0 Å². The Labute approximate surface area is 163 Å². The van der Waals surface area contributed by atoms with Crippen molar-refractivity contribution in [3.05, 3.63) is 58.3 Å². The summed E-state index contributed by atoms with van der Waals surface area (Å²) in [6.07, 6.45) is 4.02. The highest BCUT2D eigenvalue weighted by Gasteiger charge is 2.28. The molecule has 0 saturated carbocycles. The van der Waals surface area contributed by atoms with Gasteiger partial charge in [-0.1, -0.05) is 30.3 Å². The Morgan fingerprint density at radius 3 is 2.56 bits per heavy atom. The van der Waals surface area contributed by atoms with Crippen molar-refractivity contribution >= 4 is 28.9 Å². The van der Waals surface area contributed by atoms with Gasteiger partial charge in [-0.2, -0.15) is 10.1 Å². The Hall–Kier alpha value is -2.38. The predicted molar refractivity (Wildman–Crippen MR) is 109 cm³/mol. The van der Waals surface area contributed by atoms with E-state index in [2.05, 4.69) is 33.0 Å². The molecule has 2 aromatic rings. The van der Waals surface area contributed by atoms with E-state index in [4.69, 9.17) is 0 Å². The van der Waals surface area contributed by atoms with Crippen LogP contribution in [0, 0.1) is 6.92 Å². The number of amidine groups is 1. The molecule has 1 amide bonds. The first kappa shape index (κ1) is 18.0. The number of aryl methyl sites for hydroxylation is 2. The maximum absolute atomic E-state index is 12.3. The van der Waals surface area contributed by atoms with Gasteiger partial charge in [-0.25, -0.2) is 0 Å². The molecule has 6 nitrogen and oxygen atoms in total. The molecule has 0 spiro atoms. The monoisotopic (exact) mass is 381 g/mol. The molecule has 3 heterocycles. The fourth-order valence-corrected chi connectivity index (χ4v) is 4.34. The maximum atomic E-state index is 12.3. The van der Waals surface area contributed by atoms with Gasteiger partial charge in [-0.05, 0) is 30.3 Å². The van der Waals surface area contributed by atoms with Crippen LogP contribution in [0.3, 0.4) is 0 Å². The van der Waals surface area contributed by atoms with E-state index in [0.29, 0.717) is 4.91 Å². The third kappa shape index (κ3) is 4.14. The minimum Gasteiger partial charge on any atom is -0.348 e. The molecule has 1 saturated heterocycles. The molecule has 27 heavy (non-hydrogen) atoms. The molecule has 2 aliphatic rings. The lowest BCUT2D eigenvalue weighted by atomic mass is 10.2. The molecule has 0 bridgehead atoms. The average molecular weight is 382 g/mol. The topological polar surface area (TPSA) is 53.7 Å². The molecular formula is C20H23N5OS. The highest BCUT2D eigenvalue weighted by molar-refractivity contribution is 8.18. The first-order valence-corrected chi connectivity index (χ1v) is 9.94. The summed E-state index contributed by atoms with van der Waals surface area (Å²) >= 11 is 1.49. The summed E-state index contributed by atoms with van der Waals surface area (Å²) in [6, 6.07) is 9.92. The van der Waals surface area contributed by atoms with Crippen LogP contribution in [-0.2, 0) is 18.4 Å². The lowest BCUT2D eigenvalue weighted by Gasteiger charge is -2.35. The third-order valence-electron chi connectivity index (χ3n) is 4.86. The maximum Gasteiger partial charge on any atom is 0.286 e. The van der Waals surface area contributed by atoms with Crippen molar-refractivity contribution in [3.63, 3.8) is 0 Å². The molecule has 1 fully saturated rings. The van der Waals surface area contributed by atoms with Crippen LogP contribution < -0.4 is 0 Å². The van der Waals surface area contributed by atoms with E-state index in [0.717, 1.165) is 49.1 Å². The minimum atomic E-state index is -0.132. The molecule has 0 unspecified atom stereocenters. The molecule has 1 aromatic carbocycles. The van der Waals surface area contributed by atoms with Gasteiger partial charge in [0.05, 0.1) is 10.6 Å². The quantitative estimate of drug-likeness (QED) is 0.765. The molecule has 0 aliphatic carbocycles. The molecular weight excluding hydrogens is 358 g/mol. The van der Waals surface area contributed by atoms with E-state index in [9.17, 15) is 4.79 Å². The lowest BCUT2D eigenvalue weighted by molar-refractivity contribution is -0.113. The van der Waals surface area contributed by atoms with Gasteiger partial charge in [-0.15, -0.1) is 0 Å². The van der Waals surface area contributed by atoms with E-state index >= 15 is 0 Å². The van der Waals surface area contributed by atoms with Crippen molar-refractivity contribution < 1.29 is 4.79 Å². The van der Waals surface area contributed by atoms with Crippen molar-refractivity contribution in [1.82, 2.24) is 19.6 Å². The molecule has 0 N–H and O–H groups in total. The highest BCUT2D eigenvalue weighted by Crippen LogP contribution is 2.30. The van der Waals surface area contributed by atoms with Gasteiger partial charge in [0.25, 0.3) is 5.91 Å². The number of thioether (sulfide) groups is 1. The van der Waals surface area contributed by atoms with Crippen molar-refractivity contribution in [2.45, 2.75) is 13.5 Å². The highest BCUT2D eigenvalue weighted by atomic mass is 32.2. The normalized spacial score (nSPS) is 19.8. The zero-order chi connectivity index (χ0) is 18.8. The van der Waals surface area contributed by atoms with E-state index in [-0.39, 0.29) is 5.91 Å². The van der Waals surface area contributed by atoms with Crippen molar-refractivity contribution in [2.24, 2.45) is 12.0 Å². The standard InChI is InChI=1S/C20H23N5OS/c1-15-17(13-23(2)22-15)14-24-8-10-25(11-9-24)20-21-19(26)18(27-20)12-16-6-4-3-5-7-16/h3-7,12-13H,8-11,14H2,1-2H3/b18-12-. The zero-order valence-corrected chi connectivity index (χ0v) is 16.4. The second-order valence-corrected chi connectivity index (χ2v) is 7.91. The van der Waals surface area contributed by atoms with Gasteiger partial charge in [0.1, 0.15) is 0 Å². The summed E-state index contributed by atoms with van der Waals surface area (Å²) in [6.45, 7) is 6.67. The van der Waals surface area contributed by atoms with Crippen LogP contribution in [0.1, 0.15) is 16.8 Å². The number of nitrogens with zero attached hydrogens (tertiary/aromatic N) is 5. The number of hydrogen-bond acceptors (Lipinski definition) is 5. The molecule has 0 radical (unpaired) electrons. The van der Waals surface area contributed by atoms with Crippen LogP contribution >= 0.6 is 11.8 Å². The van der Waals surface area contributed by atoms with Crippen LogP contribution in [0.15, 0.2) is 46.4 Å². The van der Waals surface area contributed by atoms with Crippen molar-refractivity contribution in [1.29, 1.82) is 0 Å². The van der Waals surface area contributed by atoms with Gasteiger partial charge in [0, 0.05) is 51.5 Å². The number of carbonyl (C=O) groups is 1. The number of aliphatic imine (C=N–C) groups is 1. The summed E-state index contributed by atoms with van der Waals surface area (Å²) in [4.78, 5) is 21.9. The van der Waals surface area contributed by atoms with Crippen LogP contribution in [0.2, 0.25) is 0 Å². The lowest BCUT2D eigenvalue weighted by Crippen LogP contribution is -2.47. The zero-order valence-electron chi connectivity index (χ0n) is 15.6. The van der Waals surface area contributed by atoms with E-state index in [1.54, 1.807) is 0 Å². The van der Waals surface area contributed by atoms with Gasteiger partial charge in [-0.3, -0.25) is 14.4 Å². The Morgan fingerprint density at radius 2 is 1.89 bits per heavy atom. The van der Waals surface area contributed by atoms with Gasteiger partial charge in [0.15, 0.2) is 5.17 Å². The molecule has 2 aliphatic heterocycles. The van der Waals surface area contributed by atoms with Gasteiger partial charge in [0.2, 0.25) is 0 Å². The fourth-order valence-electron chi connectivity index (χ4n) is 3.38. The second-order valence-electron chi connectivity index (χ2n) is 6.90. The number of hydrogen-bond donors (Lipinski definition) is 0. The number of benzene rings is 1. The number of rotatable bonds is 3. The van der Waals surface area contributed by atoms with Crippen LogP contribution in [-0.4, -0.2) is 56.8 Å². The van der Waals surface area contributed by atoms with Crippen molar-refractivity contribution in [2.75, 3.05) is 26.2 Å². The van der Waals surface area contributed by atoms with E-state index in [1.807, 2.05) is 48.1 Å². The predicted octanol–water partition coefficient (Wildman–Crippen LogP) is 2.52. The van der Waals surface area contributed by atoms with E-state index < -0.39 is 0 Å². The largest absolute Gasteiger partial charge is 0.348 e. The summed E-state index contributed by atoms with van der Waals surface area (Å²) in [5.74, 6) is -0.132. The Bertz CT molecular complexity index is 894. The van der Waals surface area contributed by atoms with Gasteiger partial charge < -0.3 is 4.90 Å². The number of amides is 1. The molecule has 140 valence electrons. The smallest absolute Gasteiger partial charge is 0.286 e. The first-order valence-electron chi connectivity index (χ1n) is 9.12. The van der Waals surface area contributed by atoms with Crippen LogP contribution in [0.4, 0.5) is 0 Å². The molecule has 1 aromatic heterocycles. The van der Waals surface area contributed by atoms with E-state index in [1.165, 1.54) is 17.3 Å². The fraction of sp³-hybridized carbons (Fsp3) is 0.350. The number of aromatic nitrogens is 2. The summed E-state index contributed by atoms with van der Waals surface area (Å²) in [5.41, 5.74) is 3.40. The number of piperazine rings is 1. The van der Waals surface area contributed by atoms with Crippen LogP contribution in [0.25, 0.3) is 6.08 Å². The minimum absolute atomic E-state index is 0.132. The summed E-state index contributed by atoms with van der Waals surface area (Å²) in [7, 11) is 1.96. The molecule has 0 atom stereocenters. The second kappa shape index (κ2) is 7.70. The Morgan fingerprint density at radius 1 is 1.15 bits per heavy atom. The molecule has 7 heteroatoms. The summed E-state index contributed by atoms with van der Waals surface area (Å²) in [5, 5.41) is 5.25. The Kier molecular flexibility index (Phi) is 5.13. The first-order chi connectivity index (χ1) is 13.1.